The second kappa shape index (κ2) is 38.2. The lowest BCUT2D eigenvalue weighted by Crippen LogP contribution is -1.96. The normalized spacial score (nSPS) is 9.26. The summed E-state index contributed by atoms with van der Waals surface area (Å²) in [5.74, 6) is 0. The summed E-state index contributed by atoms with van der Waals surface area (Å²) in [7, 11) is 56.4. The maximum absolute atomic E-state index is 4.79. The first kappa shape index (κ1) is 57.7. The minimum atomic E-state index is 0.905. The molecule has 58 heavy (non-hydrogen) atoms. The molecule has 2 heterocycles. The van der Waals surface area contributed by atoms with E-state index >= 15 is 0 Å². The zero-order valence-electron chi connectivity index (χ0n) is 28.2. The first-order valence-electron chi connectivity index (χ1n) is 13.6. The molecule has 0 N–H and O–H groups in total. The SMILES string of the molecule is Cc1cc(C)c(-c2cn3c(C)c(Br)nc3c3ccccc23)c(C)c1.S=S=S=S=S=S=S=S=S=S=S=S=S=S=S=S=S=S=S=S=S=S=S=S=S=S=S=S=S=S=S=S=S=S. The van der Waals surface area contributed by atoms with Gasteiger partial charge in [-0.05, 0) is 65.7 Å². The van der Waals surface area contributed by atoms with E-state index < -0.39 is 0 Å². The predicted octanol–water partition coefficient (Wildman–Crippen LogP) is 6.07. The third-order valence-corrected chi connectivity index (χ3v) is 75.3. The molecule has 0 saturated heterocycles. The Morgan fingerprint density at radius 3 is 1.10 bits per heavy atom. The highest BCUT2D eigenvalue weighted by molar-refractivity contribution is 9.10. The van der Waals surface area contributed by atoms with Crippen molar-refractivity contribution in [3.8, 4) is 11.1 Å². The summed E-state index contributed by atoms with van der Waals surface area (Å²) < 4.78 is 3.10. The summed E-state index contributed by atoms with van der Waals surface area (Å²) in [5.41, 5.74) is 8.65. The number of pyridine rings is 1. The van der Waals surface area contributed by atoms with Gasteiger partial charge in [0.25, 0.3) is 0 Å². The monoisotopic (exact) mass is 1470 g/mol. The van der Waals surface area contributed by atoms with Crippen molar-refractivity contribution in [3.05, 3.63) is 69.6 Å². The number of nitrogens with zero attached hydrogens (tertiary/aromatic N) is 2. The van der Waals surface area contributed by atoms with Crippen LogP contribution in [0.1, 0.15) is 22.4 Å². The van der Waals surface area contributed by atoms with Crippen LogP contribution < -0.4 is 0 Å². The van der Waals surface area contributed by atoms with E-state index in [1.165, 1.54) is 56.4 Å². The van der Waals surface area contributed by atoms with E-state index in [9.17, 15) is 0 Å². The van der Waals surface area contributed by atoms with Crippen LogP contribution in [0.15, 0.2) is 47.2 Å². The molecule has 0 unspecified atom stereocenters. The van der Waals surface area contributed by atoms with Crippen molar-refractivity contribution in [2.24, 2.45) is 0 Å². The van der Waals surface area contributed by atoms with Crippen LogP contribution in [0.5, 0.6) is 0 Å². The Balaban J connectivity index is 0.000000325. The molecular formula is C21H19BrN2S34. The van der Waals surface area contributed by atoms with E-state index in [-0.39, 0.29) is 0 Å². The zero-order valence-corrected chi connectivity index (χ0v) is 57.5. The number of hydrogen-bond acceptors (Lipinski definition) is 3. The van der Waals surface area contributed by atoms with Crippen molar-refractivity contribution in [1.29, 1.82) is 0 Å². The molecule has 0 amide bonds. The van der Waals surface area contributed by atoms with Crippen LogP contribution in [0.4, 0.5) is 0 Å². The molecule has 0 saturated carbocycles. The van der Waals surface area contributed by atoms with Crippen molar-refractivity contribution in [2.75, 3.05) is 0 Å². The minimum absolute atomic E-state index is 0.905. The first-order valence-corrected chi connectivity index (χ1v) is 58.4. The summed E-state index contributed by atoms with van der Waals surface area (Å²) in [6.07, 6.45) is 2.23. The van der Waals surface area contributed by atoms with Gasteiger partial charge < -0.3 is 4.40 Å². The van der Waals surface area contributed by atoms with Crippen molar-refractivity contribution < 1.29 is 0 Å². The van der Waals surface area contributed by atoms with E-state index in [4.69, 9.17) is 27.4 Å². The first-order chi connectivity index (χ1) is 28.4. The second-order valence-electron chi connectivity index (χ2n) is 8.72. The van der Waals surface area contributed by atoms with Crippen LogP contribution in [0, 0.1) is 27.7 Å². The van der Waals surface area contributed by atoms with Gasteiger partial charge in [-0.2, -0.15) is 0 Å². The average molecular weight is 1470 g/mol. The van der Waals surface area contributed by atoms with Gasteiger partial charge >= 0.3 is 0 Å². The van der Waals surface area contributed by atoms with Crippen LogP contribution in [0.25, 0.3) is 27.5 Å². The Bertz CT molecular complexity index is 3560. The van der Waals surface area contributed by atoms with Gasteiger partial charge in [0, 0.05) is 324 Å². The summed E-state index contributed by atoms with van der Waals surface area (Å²) in [5, 5.41) is 2.43. The number of halogens is 1. The minimum Gasteiger partial charge on any atom is -0.302 e. The second-order valence-corrected chi connectivity index (χ2v) is 66.1. The number of fused-ring (bicyclic) bond motifs is 3. The summed E-state index contributed by atoms with van der Waals surface area (Å²) in [6, 6.07) is 13.1. The maximum atomic E-state index is 4.79. The molecule has 0 aliphatic carbocycles. The quantitative estimate of drug-likeness (QED) is 0.231. The fraction of sp³-hybridized carbons (Fsp3) is 0.190. The molecule has 2 nitrogen and oxygen atoms in total. The fourth-order valence-corrected chi connectivity index (χ4v) is 86.8. The molecule has 0 bridgehead atoms. The average Bonchev–Trinajstić information content (AvgIpc) is 3.50. The van der Waals surface area contributed by atoms with Crippen molar-refractivity contribution >= 4 is 339 Å². The summed E-state index contributed by atoms with van der Waals surface area (Å²) >= 11 is 13.2. The van der Waals surface area contributed by atoms with E-state index in [0.717, 1.165) is 15.9 Å². The number of rotatable bonds is 1. The molecule has 324 valence electrons. The van der Waals surface area contributed by atoms with Crippen LogP contribution in [0.2, 0.25) is 0 Å². The van der Waals surface area contributed by atoms with Gasteiger partial charge in [-0.1, -0.05) is 42.0 Å². The van der Waals surface area contributed by atoms with Gasteiger partial charge in [0.05, 0.1) is 5.69 Å². The molecule has 2 aromatic heterocycles. The number of aromatic nitrogens is 2. The zero-order chi connectivity index (χ0) is 41.6. The van der Waals surface area contributed by atoms with Gasteiger partial charge in [0.1, 0.15) is 10.3 Å². The van der Waals surface area contributed by atoms with Crippen molar-refractivity contribution in [1.82, 2.24) is 9.38 Å². The smallest absolute Gasteiger partial charge is 0.146 e. The summed E-state index contributed by atoms with van der Waals surface area (Å²) in [6.45, 7) is 8.65. The van der Waals surface area contributed by atoms with Crippen LogP contribution in [-0.2, 0) is 307 Å². The number of imidazole rings is 1. The Hall–Kier alpha value is 5.35. The molecule has 0 aliphatic rings. The van der Waals surface area contributed by atoms with Gasteiger partial charge in [0.15, 0.2) is 0 Å². The number of benzene rings is 2. The van der Waals surface area contributed by atoms with Crippen LogP contribution in [0.3, 0.4) is 0 Å². The molecule has 2 aromatic carbocycles. The topological polar surface area (TPSA) is 17.3 Å². The molecule has 0 fully saturated rings. The molecule has 0 atom stereocenters. The van der Waals surface area contributed by atoms with E-state index in [1.807, 2.05) is 160 Å². The van der Waals surface area contributed by atoms with E-state index in [1.54, 1.807) is 107 Å². The van der Waals surface area contributed by atoms with Crippen molar-refractivity contribution in [2.45, 2.75) is 27.7 Å². The lowest BCUT2D eigenvalue weighted by Gasteiger charge is -2.15. The Kier molecular flexibility index (Phi) is 38.0. The highest BCUT2D eigenvalue weighted by Gasteiger charge is 2.16. The molecular weight excluding hydrogens is 1450 g/mol. The lowest BCUT2D eigenvalue weighted by molar-refractivity contribution is 1.11. The van der Waals surface area contributed by atoms with E-state index in [2.05, 4.69) is 90.6 Å². The highest BCUT2D eigenvalue weighted by atomic mass is 79.9. The largest absolute Gasteiger partial charge is 0.302 e. The molecule has 37 heteroatoms. The number of aryl methyl sites for hydroxylation is 4. The number of hydrogen-bond donors (Lipinski definition) is 0. The van der Waals surface area contributed by atoms with Gasteiger partial charge in [-0.25, -0.2) is 4.98 Å². The van der Waals surface area contributed by atoms with Gasteiger partial charge in [-0.3, -0.25) is 0 Å². The Labute approximate surface area is 446 Å². The summed E-state index contributed by atoms with van der Waals surface area (Å²) in [4.78, 5) is 4.71. The third-order valence-electron chi connectivity index (χ3n) is 5.62. The molecule has 0 spiro atoms. The standard InChI is InChI=1S/C21H19BrN2.S34/c1-12-9-13(2)19(14(3)10-12)18-11-24-15(4)20(22)23-21(24)17-8-6-5-7-16(17)18;1-3-5-7-9-11-13-15-17-19-21-23-25-27-29-31-33-34-32-30-28-26-24-22-20-18-16-14-12-10-8-6-4-2/h5-11H,1-4H3;. The molecule has 0 radical (unpaired) electrons. The van der Waals surface area contributed by atoms with E-state index in [0.29, 0.717) is 0 Å². The Morgan fingerprint density at radius 1 is 0.466 bits per heavy atom. The van der Waals surface area contributed by atoms with Gasteiger partial charge in [0.2, 0.25) is 0 Å². The maximum Gasteiger partial charge on any atom is 0.146 e. The Morgan fingerprint density at radius 2 is 0.776 bits per heavy atom. The predicted molar refractivity (Wildman–Crippen MR) is 355 cm³/mol. The van der Waals surface area contributed by atoms with Crippen molar-refractivity contribution in [3.63, 3.8) is 0 Å². The van der Waals surface area contributed by atoms with Gasteiger partial charge in [-0.15, -0.1) is 0 Å². The lowest BCUT2D eigenvalue weighted by atomic mass is 9.92. The van der Waals surface area contributed by atoms with Crippen LogP contribution in [-0.4, -0.2) is 9.38 Å². The molecule has 4 aromatic rings. The van der Waals surface area contributed by atoms with Crippen LogP contribution >= 0.6 is 15.9 Å². The molecule has 4 rings (SSSR count). The highest BCUT2D eigenvalue weighted by Crippen LogP contribution is 2.36. The third kappa shape index (κ3) is 24.6. The fourth-order valence-electron chi connectivity index (χ4n) is 4.09. The molecule has 0 aliphatic heterocycles.